The second-order valence-electron chi connectivity index (χ2n) is 8.36. The van der Waals surface area contributed by atoms with Gasteiger partial charge >= 0.3 is 0 Å². The van der Waals surface area contributed by atoms with E-state index in [4.69, 9.17) is 0 Å². The quantitative estimate of drug-likeness (QED) is 0.800. The first kappa shape index (κ1) is 19.9. The first-order chi connectivity index (χ1) is 13.0. The van der Waals surface area contributed by atoms with E-state index >= 15 is 0 Å². The molecular weight excluding hydrogens is 338 g/mol. The van der Waals surface area contributed by atoms with Crippen LogP contribution in [0, 0.1) is 11.8 Å². The Labute approximate surface area is 163 Å². The lowest BCUT2D eigenvalue weighted by atomic mass is 9.95. The third-order valence-electron chi connectivity index (χ3n) is 5.83. The standard InChI is InChI=1S/C22H33N3O2/c1-17(2)22(27)23-13-21(26)25-15-19-10-11-20(25)16-24(14-19)12-6-9-18-7-4-3-5-8-18/h3-5,7-8,17,19-20H,6,9-16H2,1-2H3,(H,23,27)/t19-,20+/m0/s1. The fourth-order valence-corrected chi connectivity index (χ4v) is 4.29. The molecule has 0 saturated carbocycles. The van der Waals surface area contributed by atoms with Gasteiger partial charge in [-0.2, -0.15) is 0 Å². The highest BCUT2D eigenvalue weighted by atomic mass is 16.2. The molecule has 3 fully saturated rings. The van der Waals surface area contributed by atoms with E-state index < -0.39 is 0 Å². The van der Waals surface area contributed by atoms with Crippen molar-refractivity contribution in [3.05, 3.63) is 35.9 Å². The number of hydrogen-bond acceptors (Lipinski definition) is 3. The Hall–Kier alpha value is -1.88. The van der Waals surface area contributed by atoms with Gasteiger partial charge in [-0.05, 0) is 43.7 Å². The van der Waals surface area contributed by atoms with Gasteiger partial charge in [0.25, 0.3) is 0 Å². The number of nitrogens with one attached hydrogen (secondary N) is 1. The molecule has 3 aliphatic rings. The number of hydrogen-bond donors (Lipinski definition) is 1. The van der Waals surface area contributed by atoms with E-state index in [0.29, 0.717) is 12.0 Å². The van der Waals surface area contributed by atoms with Gasteiger partial charge in [0, 0.05) is 31.6 Å². The second-order valence-corrected chi connectivity index (χ2v) is 8.36. The van der Waals surface area contributed by atoms with Crippen molar-refractivity contribution in [2.75, 3.05) is 32.7 Å². The fraction of sp³-hybridized carbons (Fsp3) is 0.636. The van der Waals surface area contributed by atoms with Gasteiger partial charge < -0.3 is 15.1 Å². The van der Waals surface area contributed by atoms with Gasteiger partial charge in [-0.25, -0.2) is 0 Å². The Morgan fingerprint density at radius 2 is 1.89 bits per heavy atom. The van der Waals surface area contributed by atoms with Gasteiger partial charge in [0.05, 0.1) is 6.54 Å². The maximum Gasteiger partial charge on any atom is 0.242 e. The number of nitrogens with zero attached hydrogens (tertiary/aromatic N) is 2. The molecule has 3 saturated heterocycles. The summed E-state index contributed by atoms with van der Waals surface area (Å²) in [4.78, 5) is 29.0. The topological polar surface area (TPSA) is 52.7 Å². The molecule has 0 radical (unpaired) electrons. The molecule has 0 spiro atoms. The van der Waals surface area contributed by atoms with Gasteiger partial charge in [-0.15, -0.1) is 0 Å². The lowest BCUT2D eigenvalue weighted by molar-refractivity contribution is -0.136. The molecule has 5 nitrogen and oxygen atoms in total. The van der Waals surface area contributed by atoms with Crippen LogP contribution in [0.25, 0.3) is 0 Å². The fourth-order valence-electron chi connectivity index (χ4n) is 4.29. The summed E-state index contributed by atoms with van der Waals surface area (Å²) in [5.41, 5.74) is 1.40. The van der Waals surface area contributed by atoms with E-state index in [-0.39, 0.29) is 24.3 Å². The zero-order valence-electron chi connectivity index (χ0n) is 16.7. The van der Waals surface area contributed by atoms with Crippen molar-refractivity contribution in [3.8, 4) is 0 Å². The highest BCUT2D eigenvalue weighted by molar-refractivity contribution is 5.85. The zero-order chi connectivity index (χ0) is 19.2. The van der Waals surface area contributed by atoms with Gasteiger partial charge in [0.15, 0.2) is 0 Å². The van der Waals surface area contributed by atoms with Crippen LogP contribution in [0.4, 0.5) is 0 Å². The molecular formula is C22H33N3O2. The number of amides is 2. The molecule has 2 atom stereocenters. The molecule has 2 bridgehead atoms. The van der Waals surface area contributed by atoms with Crippen LogP contribution in [-0.4, -0.2) is 60.4 Å². The third kappa shape index (κ3) is 5.55. The first-order valence-electron chi connectivity index (χ1n) is 10.4. The smallest absolute Gasteiger partial charge is 0.242 e. The maximum atomic E-state index is 12.7. The maximum absolute atomic E-state index is 12.7. The number of fused-ring (bicyclic) bond motifs is 4. The summed E-state index contributed by atoms with van der Waals surface area (Å²) >= 11 is 0. The van der Waals surface area contributed by atoms with E-state index in [1.54, 1.807) is 0 Å². The van der Waals surface area contributed by atoms with Crippen LogP contribution in [-0.2, 0) is 16.0 Å². The van der Waals surface area contributed by atoms with Crippen LogP contribution in [0.15, 0.2) is 30.3 Å². The molecule has 5 heteroatoms. The monoisotopic (exact) mass is 371 g/mol. The molecule has 4 rings (SSSR count). The second kappa shape index (κ2) is 9.36. The van der Waals surface area contributed by atoms with E-state index in [1.165, 1.54) is 12.0 Å². The van der Waals surface area contributed by atoms with Crippen LogP contribution in [0.3, 0.4) is 0 Å². The molecule has 0 aliphatic carbocycles. The molecule has 1 aromatic carbocycles. The van der Waals surface area contributed by atoms with E-state index in [0.717, 1.165) is 45.4 Å². The summed E-state index contributed by atoms with van der Waals surface area (Å²) < 4.78 is 0. The molecule has 3 heterocycles. The molecule has 3 aliphatic heterocycles. The lowest BCUT2D eigenvalue weighted by Gasteiger charge is -2.36. The average Bonchev–Trinajstić information content (AvgIpc) is 2.97. The number of rotatable bonds is 7. The summed E-state index contributed by atoms with van der Waals surface area (Å²) in [5, 5.41) is 2.78. The highest BCUT2D eigenvalue weighted by Crippen LogP contribution is 2.28. The molecule has 27 heavy (non-hydrogen) atoms. The summed E-state index contributed by atoms with van der Waals surface area (Å²) in [6.45, 7) is 7.82. The van der Waals surface area contributed by atoms with Crippen molar-refractivity contribution >= 4 is 11.8 Å². The van der Waals surface area contributed by atoms with E-state index in [1.807, 2.05) is 18.7 Å². The van der Waals surface area contributed by atoms with E-state index in [9.17, 15) is 9.59 Å². The van der Waals surface area contributed by atoms with Gasteiger partial charge in [0.2, 0.25) is 11.8 Å². The summed E-state index contributed by atoms with van der Waals surface area (Å²) in [7, 11) is 0. The minimum atomic E-state index is -0.0847. The normalized spacial score (nSPS) is 22.7. The Kier molecular flexibility index (Phi) is 6.89. The minimum absolute atomic E-state index is 0.0501. The third-order valence-corrected chi connectivity index (χ3v) is 5.83. The Morgan fingerprint density at radius 3 is 2.63 bits per heavy atom. The van der Waals surface area contributed by atoms with Crippen LogP contribution < -0.4 is 5.32 Å². The van der Waals surface area contributed by atoms with Gasteiger partial charge in [0.1, 0.15) is 0 Å². The number of benzene rings is 1. The van der Waals surface area contributed by atoms with Crippen molar-refractivity contribution in [1.29, 1.82) is 0 Å². The molecule has 1 N–H and O–H groups in total. The van der Waals surface area contributed by atoms with Crippen LogP contribution >= 0.6 is 0 Å². The predicted molar refractivity (Wildman–Crippen MR) is 107 cm³/mol. The first-order valence-corrected chi connectivity index (χ1v) is 10.4. The van der Waals surface area contributed by atoms with Gasteiger partial charge in [-0.1, -0.05) is 44.2 Å². The van der Waals surface area contributed by atoms with E-state index in [2.05, 4.69) is 40.5 Å². The Balaban J connectivity index is 1.49. The minimum Gasteiger partial charge on any atom is -0.347 e. The van der Waals surface area contributed by atoms with Gasteiger partial charge in [-0.3, -0.25) is 9.59 Å². The summed E-state index contributed by atoms with van der Waals surface area (Å²) in [5.74, 6) is 0.499. The average molecular weight is 372 g/mol. The largest absolute Gasteiger partial charge is 0.347 e. The Bertz CT molecular complexity index is 632. The molecule has 148 valence electrons. The van der Waals surface area contributed by atoms with Crippen molar-refractivity contribution in [2.24, 2.45) is 11.8 Å². The molecule has 1 aromatic rings. The number of carbonyl (C=O) groups is 2. The molecule has 2 amide bonds. The van der Waals surface area contributed by atoms with Crippen molar-refractivity contribution in [2.45, 2.75) is 45.6 Å². The number of aryl methyl sites for hydroxylation is 1. The molecule has 0 aromatic heterocycles. The highest BCUT2D eigenvalue weighted by Gasteiger charge is 2.36. The van der Waals surface area contributed by atoms with Crippen molar-refractivity contribution in [1.82, 2.24) is 15.1 Å². The van der Waals surface area contributed by atoms with Crippen LogP contribution in [0.2, 0.25) is 0 Å². The lowest BCUT2D eigenvalue weighted by Crippen LogP contribution is -2.51. The molecule has 0 unspecified atom stereocenters. The zero-order valence-corrected chi connectivity index (χ0v) is 16.7. The van der Waals surface area contributed by atoms with Crippen LogP contribution in [0.1, 0.15) is 38.7 Å². The predicted octanol–water partition coefficient (Wildman–Crippen LogP) is 2.31. The van der Waals surface area contributed by atoms with Crippen molar-refractivity contribution in [3.63, 3.8) is 0 Å². The summed E-state index contributed by atoms with van der Waals surface area (Å²) in [6, 6.07) is 10.9. The number of piperidine rings is 1. The summed E-state index contributed by atoms with van der Waals surface area (Å²) in [6.07, 6.45) is 4.56. The number of carbonyl (C=O) groups excluding carboxylic acids is 2. The van der Waals surface area contributed by atoms with Crippen LogP contribution in [0.5, 0.6) is 0 Å². The Morgan fingerprint density at radius 1 is 1.11 bits per heavy atom. The van der Waals surface area contributed by atoms with Crippen molar-refractivity contribution < 1.29 is 9.59 Å². The SMILES string of the molecule is CC(C)C(=O)NCC(=O)N1C[C@H]2CC[C@@H]1CN(CCCc1ccccc1)C2.